The maximum absolute atomic E-state index is 11.2. The average Bonchev–Trinajstić information content (AvgIpc) is 2.12. The summed E-state index contributed by atoms with van der Waals surface area (Å²) in [6.45, 7) is 6.35. The minimum atomic E-state index is -0.120. The number of aromatic nitrogens is 2. The van der Waals surface area contributed by atoms with Crippen molar-refractivity contribution in [3.05, 3.63) is 27.9 Å². The van der Waals surface area contributed by atoms with Gasteiger partial charge in [0, 0.05) is 18.4 Å². The highest BCUT2D eigenvalue weighted by atomic mass is 16.5. The highest BCUT2D eigenvalue weighted by Gasteiger charge is 2.11. The van der Waals surface area contributed by atoms with Gasteiger partial charge in [0.15, 0.2) is 0 Å². The molecule has 1 N–H and O–H groups in total. The number of aromatic amines is 1. The fraction of sp³-hybridized carbons (Fsp3) is 0.600. The Balaban J connectivity index is 2.97. The van der Waals surface area contributed by atoms with Gasteiger partial charge in [-0.2, -0.15) is 0 Å². The van der Waals surface area contributed by atoms with E-state index in [0.29, 0.717) is 12.4 Å². The number of aryl methyl sites for hydroxylation is 1. The largest absolute Gasteiger partial charge is 0.371 e. The molecule has 0 aliphatic rings. The van der Waals surface area contributed by atoms with Gasteiger partial charge in [-0.1, -0.05) is 6.92 Å². The molecule has 0 fully saturated rings. The Labute approximate surface area is 83.3 Å². The van der Waals surface area contributed by atoms with Crippen LogP contribution in [-0.4, -0.2) is 16.6 Å². The second kappa shape index (κ2) is 4.91. The van der Waals surface area contributed by atoms with E-state index in [1.54, 1.807) is 6.92 Å². The Morgan fingerprint density at radius 1 is 1.57 bits per heavy atom. The van der Waals surface area contributed by atoms with Crippen LogP contribution >= 0.6 is 0 Å². The highest BCUT2D eigenvalue weighted by Crippen LogP contribution is 2.15. The molecule has 14 heavy (non-hydrogen) atoms. The van der Waals surface area contributed by atoms with Crippen LogP contribution in [0, 0.1) is 6.92 Å². The Bertz CT molecular complexity index is 346. The molecule has 0 saturated heterocycles. The van der Waals surface area contributed by atoms with Crippen molar-refractivity contribution in [3.8, 4) is 0 Å². The second-order valence-corrected chi connectivity index (χ2v) is 3.12. The third-order valence-electron chi connectivity index (χ3n) is 1.93. The predicted molar refractivity (Wildman–Crippen MR) is 54.3 cm³/mol. The van der Waals surface area contributed by atoms with Crippen molar-refractivity contribution in [1.82, 2.24) is 9.97 Å². The van der Waals surface area contributed by atoms with Gasteiger partial charge in [-0.15, -0.1) is 0 Å². The van der Waals surface area contributed by atoms with E-state index in [4.69, 9.17) is 4.74 Å². The molecule has 4 heteroatoms. The molecule has 4 nitrogen and oxygen atoms in total. The van der Waals surface area contributed by atoms with Crippen LogP contribution in [-0.2, 0) is 4.74 Å². The Hall–Kier alpha value is -1.16. The molecule has 0 aromatic carbocycles. The molecule has 1 atom stereocenters. The van der Waals surface area contributed by atoms with Crippen LogP contribution in [0.4, 0.5) is 0 Å². The lowest BCUT2D eigenvalue weighted by molar-refractivity contribution is 0.0532. The van der Waals surface area contributed by atoms with E-state index in [1.165, 1.54) is 6.07 Å². The molecule has 0 saturated carbocycles. The van der Waals surface area contributed by atoms with Gasteiger partial charge >= 0.3 is 0 Å². The van der Waals surface area contributed by atoms with Gasteiger partial charge in [0.05, 0.1) is 0 Å². The van der Waals surface area contributed by atoms with E-state index in [0.717, 1.165) is 12.1 Å². The third kappa shape index (κ3) is 2.67. The zero-order chi connectivity index (χ0) is 10.6. The molecular weight excluding hydrogens is 180 g/mol. The molecule has 0 radical (unpaired) electrons. The van der Waals surface area contributed by atoms with Crippen molar-refractivity contribution < 1.29 is 4.74 Å². The van der Waals surface area contributed by atoms with Crippen LogP contribution < -0.4 is 5.56 Å². The number of H-pyrrole nitrogens is 1. The fourth-order valence-electron chi connectivity index (χ4n) is 1.35. The van der Waals surface area contributed by atoms with Gasteiger partial charge in [-0.25, -0.2) is 4.98 Å². The summed E-state index contributed by atoms with van der Waals surface area (Å²) in [7, 11) is 0. The molecule has 1 heterocycles. The molecule has 1 aromatic heterocycles. The molecule has 1 aromatic rings. The summed E-state index contributed by atoms with van der Waals surface area (Å²) >= 11 is 0. The summed E-state index contributed by atoms with van der Waals surface area (Å²) in [5, 5.41) is 0. The monoisotopic (exact) mass is 196 g/mol. The first-order chi connectivity index (χ1) is 6.67. The maximum Gasteiger partial charge on any atom is 0.251 e. The van der Waals surface area contributed by atoms with Crippen molar-refractivity contribution in [2.24, 2.45) is 0 Å². The summed E-state index contributed by atoms with van der Waals surface area (Å²) in [6, 6.07) is 1.47. The third-order valence-corrected chi connectivity index (χ3v) is 1.93. The van der Waals surface area contributed by atoms with Gasteiger partial charge in [0.2, 0.25) is 0 Å². The van der Waals surface area contributed by atoms with Crippen molar-refractivity contribution in [2.75, 3.05) is 6.61 Å². The molecule has 1 unspecified atom stereocenters. The number of nitrogens with one attached hydrogen (secondary N) is 1. The lowest BCUT2D eigenvalue weighted by Crippen LogP contribution is -2.16. The number of rotatable bonds is 4. The Morgan fingerprint density at radius 3 is 2.79 bits per heavy atom. The SMILES string of the molecule is CCOC(CC)c1nc(C)cc(=O)[nH]1. The van der Waals surface area contributed by atoms with Crippen molar-refractivity contribution in [1.29, 1.82) is 0 Å². The van der Waals surface area contributed by atoms with Crippen LogP contribution in [0.25, 0.3) is 0 Å². The molecule has 0 aliphatic carbocycles. The van der Waals surface area contributed by atoms with Gasteiger partial charge in [-0.3, -0.25) is 4.79 Å². The second-order valence-electron chi connectivity index (χ2n) is 3.12. The molecule has 0 bridgehead atoms. The maximum atomic E-state index is 11.2. The van der Waals surface area contributed by atoms with Crippen molar-refractivity contribution in [3.63, 3.8) is 0 Å². The van der Waals surface area contributed by atoms with Crippen LogP contribution in [0.3, 0.4) is 0 Å². The van der Waals surface area contributed by atoms with E-state index >= 15 is 0 Å². The minimum absolute atomic E-state index is 0.104. The van der Waals surface area contributed by atoms with Gasteiger partial charge < -0.3 is 9.72 Å². The van der Waals surface area contributed by atoms with Crippen LogP contribution in [0.2, 0.25) is 0 Å². The molecule has 0 spiro atoms. The van der Waals surface area contributed by atoms with Gasteiger partial charge in [-0.05, 0) is 20.3 Å². The number of ether oxygens (including phenoxy) is 1. The molecule has 0 amide bonds. The summed E-state index contributed by atoms with van der Waals surface area (Å²) in [4.78, 5) is 18.1. The molecule has 1 rings (SSSR count). The van der Waals surface area contributed by atoms with Gasteiger partial charge in [0.1, 0.15) is 11.9 Å². The molecule has 0 aliphatic heterocycles. The summed E-state index contributed by atoms with van der Waals surface area (Å²) in [6.07, 6.45) is 0.702. The first-order valence-electron chi connectivity index (χ1n) is 4.86. The highest BCUT2D eigenvalue weighted by molar-refractivity contribution is 5.02. The smallest absolute Gasteiger partial charge is 0.251 e. The van der Waals surface area contributed by atoms with Gasteiger partial charge in [0.25, 0.3) is 5.56 Å². The zero-order valence-electron chi connectivity index (χ0n) is 8.83. The van der Waals surface area contributed by atoms with Crippen molar-refractivity contribution in [2.45, 2.75) is 33.3 Å². The van der Waals surface area contributed by atoms with E-state index in [9.17, 15) is 4.79 Å². The first-order valence-corrected chi connectivity index (χ1v) is 4.86. The summed E-state index contributed by atoms with van der Waals surface area (Å²) in [5.74, 6) is 0.624. The van der Waals surface area contributed by atoms with Crippen LogP contribution in [0.1, 0.15) is 37.9 Å². The zero-order valence-corrected chi connectivity index (χ0v) is 8.83. The topological polar surface area (TPSA) is 55.0 Å². The lowest BCUT2D eigenvalue weighted by Gasteiger charge is -2.13. The summed E-state index contributed by atoms with van der Waals surface area (Å²) in [5.41, 5.74) is 0.604. The number of hydrogen-bond donors (Lipinski definition) is 1. The van der Waals surface area contributed by atoms with E-state index in [-0.39, 0.29) is 11.7 Å². The predicted octanol–water partition coefficient (Wildman–Crippen LogP) is 1.57. The van der Waals surface area contributed by atoms with Crippen LogP contribution in [0.5, 0.6) is 0 Å². The minimum Gasteiger partial charge on any atom is -0.371 e. The Kier molecular flexibility index (Phi) is 3.83. The van der Waals surface area contributed by atoms with E-state index < -0.39 is 0 Å². The summed E-state index contributed by atoms with van der Waals surface area (Å²) < 4.78 is 5.45. The van der Waals surface area contributed by atoms with Crippen LogP contribution in [0.15, 0.2) is 10.9 Å². The standard InChI is InChI=1S/C10H16N2O2/c1-4-8(14-5-2)10-11-7(3)6-9(13)12-10/h6,8H,4-5H2,1-3H3,(H,11,12,13). The quantitative estimate of drug-likeness (QED) is 0.795. The van der Waals surface area contributed by atoms with E-state index in [1.807, 2.05) is 13.8 Å². The number of hydrogen-bond acceptors (Lipinski definition) is 3. The fourth-order valence-corrected chi connectivity index (χ4v) is 1.35. The first kappa shape index (κ1) is 10.9. The van der Waals surface area contributed by atoms with Crippen molar-refractivity contribution >= 4 is 0 Å². The molecule has 78 valence electrons. The normalized spacial score (nSPS) is 12.8. The Morgan fingerprint density at radius 2 is 2.29 bits per heavy atom. The lowest BCUT2D eigenvalue weighted by atomic mass is 10.2. The van der Waals surface area contributed by atoms with E-state index in [2.05, 4.69) is 9.97 Å². The average molecular weight is 196 g/mol. The molecular formula is C10H16N2O2. The number of nitrogens with zero attached hydrogens (tertiary/aromatic N) is 1.